The molecule has 1 aromatic carbocycles. The number of hydrogen-bond acceptors (Lipinski definition) is 3. The summed E-state index contributed by atoms with van der Waals surface area (Å²) in [5.74, 6) is 0. The third kappa shape index (κ3) is 4.30. The molecule has 0 aliphatic carbocycles. The summed E-state index contributed by atoms with van der Waals surface area (Å²) in [6, 6.07) is 9.91. The van der Waals surface area contributed by atoms with Crippen molar-refractivity contribution in [2.24, 2.45) is 0 Å². The van der Waals surface area contributed by atoms with Gasteiger partial charge in [-0.1, -0.05) is 24.3 Å². The van der Waals surface area contributed by atoms with Crippen LogP contribution < -0.4 is 5.32 Å². The smallest absolute Gasteiger partial charge is 0.0719 e. The monoisotopic (exact) mass is 276 g/mol. The molecule has 112 valence electrons. The van der Waals surface area contributed by atoms with Gasteiger partial charge in [0.2, 0.25) is 0 Å². The third-order valence-corrected chi connectivity index (χ3v) is 4.37. The standard InChI is InChI=1S/C17H28N2O/c1-4-20-13-16-8-6-5-7-15(16)12-18-17-9-10-19(3)14(2)11-17/h5-8,14,17-18H,4,9-13H2,1-3H3. The minimum Gasteiger partial charge on any atom is -0.377 e. The fourth-order valence-corrected chi connectivity index (χ4v) is 2.81. The Labute approximate surface area is 123 Å². The number of nitrogens with one attached hydrogen (secondary N) is 1. The number of hydrogen-bond donors (Lipinski definition) is 1. The summed E-state index contributed by atoms with van der Waals surface area (Å²) in [5.41, 5.74) is 2.68. The summed E-state index contributed by atoms with van der Waals surface area (Å²) in [6.45, 7) is 7.99. The molecule has 0 radical (unpaired) electrons. The summed E-state index contributed by atoms with van der Waals surface area (Å²) >= 11 is 0. The molecule has 0 aromatic heterocycles. The Bertz CT molecular complexity index is 408. The highest BCUT2D eigenvalue weighted by Crippen LogP contribution is 2.17. The van der Waals surface area contributed by atoms with Crippen LogP contribution in [0.15, 0.2) is 24.3 Å². The molecule has 2 atom stereocenters. The van der Waals surface area contributed by atoms with E-state index in [4.69, 9.17) is 4.74 Å². The summed E-state index contributed by atoms with van der Waals surface area (Å²) in [6.07, 6.45) is 2.48. The van der Waals surface area contributed by atoms with Crippen molar-refractivity contribution in [3.05, 3.63) is 35.4 Å². The Morgan fingerprint density at radius 1 is 1.30 bits per heavy atom. The Kier molecular flexibility index (Phi) is 6.02. The molecular formula is C17H28N2O. The Balaban J connectivity index is 1.87. The van der Waals surface area contributed by atoms with Crippen LogP contribution in [-0.4, -0.2) is 37.2 Å². The van der Waals surface area contributed by atoms with Gasteiger partial charge in [-0.15, -0.1) is 0 Å². The second-order valence-corrected chi connectivity index (χ2v) is 5.84. The lowest BCUT2D eigenvalue weighted by atomic mass is 9.98. The quantitative estimate of drug-likeness (QED) is 0.864. The molecule has 1 aliphatic rings. The number of likely N-dealkylation sites (tertiary alicyclic amines) is 1. The third-order valence-electron chi connectivity index (χ3n) is 4.37. The SMILES string of the molecule is CCOCc1ccccc1CNC1CCN(C)C(C)C1. The van der Waals surface area contributed by atoms with E-state index in [1.165, 1.54) is 30.5 Å². The maximum Gasteiger partial charge on any atom is 0.0719 e. The molecule has 1 aliphatic heterocycles. The summed E-state index contributed by atoms with van der Waals surface area (Å²) in [5, 5.41) is 3.72. The van der Waals surface area contributed by atoms with Crippen LogP contribution in [0.4, 0.5) is 0 Å². The van der Waals surface area contributed by atoms with E-state index in [1.807, 2.05) is 6.92 Å². The molecule has 2 rings (SSSR count). The Morgan fingerprint density at radius 3 is 2.75 bits per heavy atom. The van der Waals surface area contributed by atoms with E-state index >= 15 is 0 Å². The van der Waals surface area contributed by atoms with Gasteiger partial charge < -0.3 is 15.0 Å². The number of benzene rings is 1. The highest BCUT2D eigenvalue weighted by Gasteiger charge is 2.22. The summed E-state index contributed by atoms with van der Waals surface area (Å²) in [7, 11) is 2.22. The largest absolute Gasteiger partial charge is 0.377 e. The average Bonchev–Trinajstić information content (AvgIpc) is 2.47. The number of ether oxygens (including phenoxy) is 1. The molecule has 20 heavy (non-hydrogen) atoms. The summed E-state index contributed by atoms with van der Waals surface area (Å²) in [4.78, 5) is 2.45. The lowest BCUT2D eigenvalue weighted by Crippen LogP contribution is -2.45. The van der Waals surface area contributed by atoms with Crippen molar-refractivity contribution in [3.8, 4) is 0 Å². The van der Waals surface area contributed by atoms with Crippen molar-refractivity contribution in [3.63, 3.8) is 0 Å². The molecule has 1 heterocycles. The Hall–Kier alpha value is -0.900. The van der Waals surface area contributed by atoms with Crippen LogP contribution in [0.2, 0.25) is 0 Å². The van der Waals surface area contributed by atoms with Crippen LogP contribution in [0.25, 0.3) is 0 Å². The van der Waals surface area contributed by atoms with Crippen LogP contribution in [0.5, 0.6) is 0 Å². The highest BCUT2D eigenvalue weighted by atomic mass is 16.5. The van der Waals surface area contributed by atoms with E-state index in [9.17, 15) is 0 Å². The van der Waals surface area contributed by atoms with Crippen molar-refractivity contribution >= 4 is 0 Å². The lowest BCUT2D eigenvalue weighted by molar-refractivity contribution is 0.133. The molecule has 1 N–H and O–H groups in total. The molecule has 0 spiro atoms. The first kappa shape index (κ1) is 15.5. The molecule has 3 nitrogen and oxygen atoms in total. The van der Waals surface area contributed by atoms with Crippen LogP contribution in [-0.2, 0) is 17.9 Å². The first-order chi connectivity index (χ1) is 9.70. The zero-order valence-corrected chi connectivity index (χ0v) is 13.1. The van der Waals surface area contributed by atoms with E-state index < -0.39 is 0 Å². The predicted molar refractivity (Wildman–Crippen MR) is 83.7 cm³/mol. The van der Waals surface area contributed by atoms with Crippen molar-refractivity contribution in [2.75, 3.05) is 20.2 Å². The van der Waals surface area contributed by atoms with Gasteiger partial charge in [0, 0.05) is 25.2 Å². The first-order valence-electron chi connectivity index (χ1n) is 7.78. The molecule has 2 unspecified atom stereocenters. The van der Waals surface area contributed by atoms with Gasteiger partial charge in [0.15, 0.2) is 0 Å². The minimum atomic E-state index is 0.640. The fourth-order valence-electron chi connectivity index (χ4n) is 2.81. The van der Waals surface area contributed by atoms with Crippen molar-refractivity contribution in [1.82, 2.24) is 10.2 Å². The Morgan fingerprint density at radius 2 is 2.05 bits per heavy atom. The van der Waals surface area contributed by atoms with Crippen LogP contribution in [0.1, 0.15) is 37.8 Å². The van der Waals surface area contributed by atoms with Gasteiger partial charge in [0.1, 0.15) is 0 Å². The van der Waals surface area contributed by atoms with Gasteiger partial charge in [-0.3, -0.25) is 0 Å². The van der Waals surface area contributed by atoms with Gasteiger partial charge in [-0.25, -0.2) is 0 Å². The zero-order valence-electron chi connectivity index (χ0n) is 13.1. The van der Waals surface area contributed by atoms with Gasteiger partial charge in [-0.05, 0) is 51.4 Å². The fraction of sp³-hybridized carbons (Fsp3) is 0.647. The maximum absolute atomic E-state index is 5.55. The van der Waals surface area contributed by atoms with Crippen molar-refractivity contribution in [2.45, 2.75) is 51.9 Å². The molecule has 3 heteroatoms. The number of rotatable bonds is 6. The molecule has 1 fully saturated rings. The second kappa shape index (κ2) is 7.77. The van der Waals surface area contributed by atoms with E-state index in [0.29, 0.717) is 12.1 Å². The van der Waals surface area contributed by atoms with Crippen molar-refractivity contribution in [1.29, 1.82) is 0 Å². The van der Waals surface area contributed by atoms with Crippen LogP contribution in [0, 0.1) is 0 Å². The van der Waals surface area contributed by atoms with Gasteiger partial charge in [0.05, 0.1) is 6.61 Å². The minimum absolute atomic E-state index is 0.640. The molecule has 1 aromatic rings. The van der Waals surface area contributed by atoms with Gasteiger partial charge >= 0.3 is 0 Å². The van der Waals surface area contributed by atoms with Gasteiger partial charge in [-0.2, -0.15) is 0 Å². The topological polar surface area (TPSA) is 24.5 Å². The normalized spacial score (nSPS) is 23.9. The number of piperidine rings is 1. The van der Waals surface area contributed by atoms with Crippen molar-refractivity contribution < 1.29 is 4.74 Å². The lowest BCUT2D eigenvalue weighted by Gasteiger charge is -2.35. The van der Waals surface area contributed by atoms with E-state index in [-0.39, 0.29) is 0 Å². The molecule has 0 saturated carbocycles. The van der Waals surface area contributed by atoms with E-state index in [2.05, 4.69) is 48.5 Å². The molecule has 1 saturated heterocycles. The molecular weight excluding hydrogens is 248 g/mol. The van der Waals surface area contributed by atoms with Crippen LogP contribution >= 0.6 is 0 Å². The highest BCUT2D eigenvalue weighted by molar-refractivity contribution is 5.26. The molecule has 0 amide bonds. The first-order valence-corrected chi connectivity index (χ1v) is 7.78. The number of nitrogens with zero attached hydrogens (tertiary/aromatic N) is 1. The van der Waals surface area contributed by atoms with E-state index in [1.54, 1.807) is 0 Å². The van der Waals surface area contributed by atoms with Gasteiger partial charge in [0.25, 0.3) is 0 Å². The van der Waals surface area contributed by atoms with E-state index in [0.717, 1.165) is 19.8 Å². The van der Waals surface area contributed by atoms with Crippen LogP contribution in [0.3, 0.4) is 0 Å². The molecule has 0 bridgehead atoms. The average molecular weight is 276 g/mol. The summed E-state index contributed by atoms with van der Waals surface area (Å²) < 4.78 is 5.55. The maximum atomic E-state index is 5.55. The zero-order chi connectivity index (χ0) is 14.4. The predicted octanol–water partition coefficient (Wildman–Crippen LogP) is 2.80. The second-order valence-electron chi connectivity index (χ2n) is 5.84.